The molecule has 0 saturated heterocycles. The van der Waals surface area contributed by atoms with E-state index in [-0.39, 0.29) is 5.91 Å². The van der Waals surface area contributed by atoms with Gasteiger partial charge in [0.1, 0.15) is 9.21 Å². The van der Waals surface area contributed by atoms with Crippen molar-refractivity contribution in [1.29, 1.82) is 0 Å². The smallest absolute Gasteiger partial charge is 0.251 e. The summed E-state index contributed by atoms with van der Waals surface area (Å²) in [7, 11) is 1.59. The summed E-state index contributed by atoms with van der Waals surface area (Å²) >= 11 is 6.38. The highest BCUT2D eigenvalue weighted by atomic mass is 79.9. The van der Waals surface area contributed by atoms with Gasteiger partial charge in [0.25, 0.3) is 5.91 Å². The zero-order chi connectivity index (χ0) is 9.14. The van der Waals surface area contributed by atoms with Gasteiger partial charge in [-0.1, -0.05) is 0 Å². The lowest BCUT2D eigenvalue weighted by molar-refractivity contribution is 0.0963. The van der Waals surface area contributed by atoms with Crippen LogP contribution in [0.4, 0.5) is 0 Å². The maximum Gasteiger partial charge on any atom is 0.251 e. The Bertz CT molecular complexity index is 294. The third kappa shape index (κ3) is 2.28. The Balaban J connectivity index is 3.08. The first-order chi connectivity index (χ1) is 5.63. The first kappa shape index (κ1) is 9.67. The third-order valence-corrected chi connectivity index (χ3v) is 2.06. The van der Waals surface area contributed by atoms with E-state index in [4.69, 9.17) is 0 Å². The highest BCUT2D eigenvalue weighted by Gasteiger charge is 2.05. The Kier molecular flexibility index (Phi) is 3.22. The van der Waals surface area contributed by atoms with E-state index in [0.29, 0.717) is 14.8 Å². The number of nitrogens with zero attached hydrogens (tertiary/aromatic N) is 1. The van der Waals surface area contributed by atoms with Crippen LogP contribution in [0.15, 0.2) is 21.3 Å². The van der Waals surface area contributed by atoms with Crippen molar-refractivity contribution in [2.75, 3.05) is 7.05 Å². The fourth-order valence-electron chi connectivity index (χ4n) is 0.740. The number of hydrogen-bond donors (Lipinski definition) is 1. The first-order valence-electron chi connectivity index (χ1n) is 3.18. The maximum atomic E-state index is 11.1. The summed E-state index contributed by atoms with van der Waals surface area (Å²) in [5.41, 5.74) is 0.575. The van der Waals surface area contributed by atoms with Crippen molar-refractivity contribution in [1.82, 2.24) is 10.3 Å². The normalized spacial score (nSPS) is 9.58. The molecule has 12 heavy (non-hydrogen) atoms. The van der Waals surface area contributed by atoms with Crippen LogP contribution >= 0.6 is 31.9 Å². The minimum atomic E-state index is -0.126. The number of aromatic nitrogens is 1. The number of rotatable bonds is 1. The van der Waals surface area contributed by atoms with E-state index in [1.807, 2.05) is 0 Å². The van der Waals surface area contributed by atoms with Crippen LogP contribution in [-0.2, 0) is 0 Å². The molecule has 0 bridgehead atoms. The van der Waals surface area contributed by atoms with Crippen molar-refractivity contribution in [3.8, 4) is 0 Å². The van der Waals surface area contributed by atoms with E-state index >= 15 is 0 Å². The molecule has 64 valence electrons. The molecular weight excluding hydrogens is 288 g/mol. The molecule has 0 unspecified atom stereocenters. The van der Waals surface area contributed by atoms with Crippen LogP contribution in [0, 0.1) is 0 Å². The predicted octanol–water partition coefficient (Wildman–Crippen LogP) is 1.97. The Morgan fingerprint density at radius 2 is 1.92 bits per heavy atom. The number of pyridine rings is 1. The van der Waals surface area contributed by atoms with Crippen molar-refractivity contribution in [3.63, 3.8) is 0 Å². The van der Waals surface area contributed by atoms with Gasteiger partial charge in [0.2, 0.25) is 0 Å². The van der Waals surface area contributed by atoms with Gasteiger partial charge >= 0.3 is 0 Å². The lowest BCUT2D eigenvalue weighted by Gasteiger charge is -2.00. The zero-order valence-corrected chi connectivity index (χ0v) is 9.44. The van der Waals surface area contributed by atoms with Crippen molar-refractivity contribution in [2.24, 2.45) is 0 Å². The SMILES string of the molecule is CNC(=O)c1cc(Br)nc(Br)c1. The highest BCUT2D eigenvalue weighted by molar-refractivity contribution is 9.11. The molecule has 1 aromatic rings. The molecule has 1 rings (SSSR count). The van der Waals surface area contributed by atoms with Crippen LogP contribution in [-0.4, -0.2) is 17.9 Å². The highest BCUT2D eigenvalue weighted by Crippen LogP contribution is 2.15. The van der Waals surface area contributed by atoms with Crippen molar-refractivity contribution < 1.29 is 4.79 Å². The third-order valence-electron chi connectivity index (χ3n) is 1.25. The molecule has 0 aliphatic heterocycles. The molecule has 0 aliphatic rings. The summed E-state index contributed by atoms with van der Waals surface area (Å²) in [6.07, 6.45) is 0. The average molecular weight is 294 g/mol. The van der Waals surface area contributed by atoms with Gasteiger partial charge in [0.15, 0.2) is 0 Å². The van der Waals surface area contributed by atoms with E-state index < -0.39 is 0 Å². The summed E-state index contributed by atoms with van der Waals surface area (Å²) < 4.78 is 1.27. The lowest BCUT2D eigenvalue weighted by Crippen LogP contribution is -2.17. The Labute approximate surface area is 86.8 Å². The van der Waals surface area contributed by atoms with E-state index in [9.17, 15) is 4.79 Å². The Hall–Kier alpha value is -0.420. The molecule has 1 N–H and O–H groups in total. The van der Waals surface area contributed by atoms with E-state index in [0.717, 1.165) is 0 Å². The fourth-order valence-corrected chi connectivity index (χ4v) is 1.85. The Morgan fingerprint density at radius 1 is 1.42 bits per heavy atom. The molecule has 0 fully saturated rings. The van der Waals surface area contributed by atoms with Gasteiger partial charge < -0.3 is 5.32 Å². The molecule has 0 spiro atoms. The van der Waals surface area contributed by atoms with Crippen LogP contribution in [0.1, 0.15) is 10.4 Å². The van der Waals surface area contributed by atoms with Crippen LogP contribution in [0.3, 0.4) is 0 Å². The van der Waals surface area contributed by atoms with Crippen LogP contribution in [0.2, 0.25) is 0 Å². The van der Waals surface area contributed by atoms with Gasteiger partial charge in [-0.15, -0.1) is 0 Å². The lowest BCUT2D eigenvalue weighted by atomic mass is 10.2. The number of amides is 1. The molecule has 1 heterocycles. The van der Waals surface area contributed by atoms with Gasteiger partial charge in [-0.05, 0) is 44.0 Å². The van der Waals surface area contributed by atoms with Gasteiger partial charge in [0.05, 0.1) is 0 Å². The molecule has 0 atom stereocenters. The van der Waals surface area contributed by atoms with Crippen molar-refractivity contribution in [3.05, 3.63) is 26.9 Å². The van der Waals surface area contributed by atoms with Crippen LogP contribution < -0.4 is 5.32 Å². The minimum Gasteiger partial charge on any atom is -0.355 e. The second-order valence-corrected chi connectivity index (χ2v) is 3.71. The maximum absolute atomic E-state index is 11.1. The summed E-state index contributed by atoms with van der Waals surface area (Å²) in [6.45, 7) is 0. The number of carbonyl (C=O) groups excluding carboxylic acids is 1. The monoisotopic (exact) mass is 292 g/mol. The van der Waals surface area contributed by atoms with Gasteiger partial charge in [-0.25, -0.2) is 4.98 Å². The topological polar surface area (TPSA) is 42.0 Å². The van der Waals surface area contributed by atoms with E-state index in [1.165, 1.54) is 0 Å². The number of nitrogens with one attached hydrogen (secondary N) is 1. The van der Waals surface area contributed by atoms with Gasteiger partial charge in [-0.2, -0.15) is 0 Å². The molecule has 0 radical (unpaired) electrons. The van der Waals surface area contributed by atoms with Crippen LogP contribution in [0.5, 0.6) is 0 Å². The average Bonchev–Trinajstić information content (AvgIpc) is 2.01. The molecule has 0 aliphatic carbocycles. The Morgan fingerprint density at radius 3 is 2.33 bits per heavy atom. The molecule has 0 saturated carbocycles. The molecule has 3 nitrogen and oxygen atoms in total. The first-order valence-corrected chi connectivity index (χ1v) is 4.77. The summed E-state index contributed by atoms with van der Waals surface area (Å²) in [4.78, 5) is 15.1. The number of carbonyl (C=O) groups is 1. The molecule has 1 aromatic heterocycles. The van der Waals surface area contributed by atoms with E-state index in [2.05, 4.69) is 42.2 Å². The largest absolute Gasteiger partial charge is 0.355 e. The van der Waals surface area contributed by atoms with Gasteiger partial charge in [0, 0.05) is 12.6 Å². The summed E-state index contributed by atoms with van der Waals surface area (Å²) in [5.74, 6) is -0.126. The summed E-state index contributed by atoms with van der Waals surface area (Å²) in [5, 5.41) is 2.53. The quantitative estimate of drug-likeness (QED) is 0.805. The second kappa shape index (κ2) is 4.00. The van der Waals surface area contributed by atoms with E-state index in [1.54, 1.807) is 19.2 Å². The molecular formula is C7H6Br2N2O. The molecule has 1 amide bonds. The predicted molar refractivity (Wildman–Crippen MR) is 53.0 cm³/mol. The van der Waals surface area contributed by atoms with Crippen molar-refractivity contribution >= 4 is 37.8 Å². The standard InChI is InChI=1S/C7H6Br2N2O/c1-10-7(12)4-2-5(8)11-6(9)3-4/h2-3H,1H3,(H,10,12). The second-order valence-electron chi connectivity index (χ2n) is 2.08. The molecule has 5 heteroatoms. The number of halogens is 2. The molecule has 0 aromatic carbocycles. The minimum absolute atomic E-state index is 0.126. The fraction of sp³-hybridized carbons (Fsp3) is 0.143. The summed E-state index contributed by atoms with van der Waals surface area (Å²) in [6, 6.07) is 3.31. The van der Waals surface area contributed by atoms with Crippen LogP contribution in [0.25, 0.3) is 0 Å². The van der Waals surface area contributed by atoms with Gasteiger partial charge in [-0.3, -0.25) is 4.79 Å². The van der Waals surface area contributed by atoms with Crippen molar-refractivity contribution in [2.45, 2.75) is 0 Å². The number of hydrogen-bond acceptors (Lipinski definition) is 2. The zero-order valence-electron chi connectivity index (χ0n) is 6.27.